The second-order valence-corrected chi connectivity index (χ2v) is 5.59. The van der Waals surface area contributed by atoms with Crippen LogP contribution in [-0.2, 0) is 6.54 Å². The molecule has 0 aliphatic rings. The van der Waals surface area contributed by atoms with Gasteiger partial charge in [0.25, 0.3) is 0 Å². The van der Waals surface area contributed by atoms with Crippen molar-refractivity contribution in [2.24, 2.45) is 0 Å². The van der Waals surface area contributed by atoms with Crippen molar-refractivity contribution in [2.75, 3.05) is 0 Å². The van der Waals surface area contributed by atoms with Gasteiger partial charge in [0.15, 0.2) is 0 Å². The molecule has 0 spiro atoms. The monoisotopic (exact) mass is 294 g/mol. The summed E-state index contributed by atoms with van der Waals surface area (Å²) in [6.45, 7) is 5.02. The van der Waals surface area contributed by atoms with Crippen LogP contribution in [0.15, 0.2) is 36.7 Å². The summed E-state index contributed by atoms with van der Waals surface area (Å²) < 4.78 is 0. The molecule has 0 amide bonds. The number of rotatable bonds is 4. The zero-order valence-electron chi connectivity index (χ0n) is 11.0. The highest BCUT2D eigenvalue weighted by Gasteiger charge is 2.06. The van der Waals surface area contributed by atoms with E-state index in [2.05, 4.69) is 30.2 Å². The van der Waals surface area contributed by atoms with E-state index in [-0.39, 0.29) is 0 Å². The van der Waals surface area contributed by atoms with Gasteiger partial charge < -0.3 is 5.32 Å². The molecular formula is C15H16Cl2N2. The molecule has 0 saturated carbocycles. The number of hydrogen-bond acceptors (Lipinski definition) is 2. The van der Waals surface area contributed by atoms with Crippen LogP contribution in [0.25, 0.3) is 11.1 Å². The Morgan fingerprint density at radius 1 is 1.16 bits per heavy atom. The molecule has 0 atom stereocenters. The van der Waals surface area contributed by atoms with E-state index in [0.29, 0.717) is 16.1 Å². The Bertz CT molecular complexity index is 568. The molecule has 100 valence electrons. The molecule has 19 heavy (non-hydrogen) atoms. The summed E-state index contributed by atoms with van der Waals surface area (Å²) in [5, 5.41) is 4.72. The largest absolute Gasteiger partial charge is 0.310 e. The number of pyridine rings is 1. The standard InChI is InChI=1S/C15H16Cl2N2/c1-10(2)19-8-11-5-12(9-18-7-11)14-6-13(16)3-4-15(14)17/h3-7,9-10,19H,8H2,1-2H3. The van der Waals surface area contributed by atoms with Gasteiger partial charge in [0.1, 0.15) is 0 Å². The van der Waals surface area contributed by atoms with Crippen LogP contribution in [0.4, 0.5) is 0 Å². The van der Waals surface area contributed by atoms with E-state index < -0.39 is 0 Å². The second-order valence-electron chi connectivity index (χ2n) is 4.74. The van der Waals surface area contributed by atoms with Crippen molar-refractivity contribution in [3.05, 3.63) is 52.3 Å². The first-order valence-electron chi connectivity index (χ1n) is 6.19. The average molecular weight is 295 g/mol. The van der Waals surface area contributed by atoms with Crippen molar-refractivity contribution in [3.8, 4) is 11.1 Å². The highest BCUT2D eigenvalue weighted by Crippen LogP contribution is 2.30. The number of benzene rings is 1. The zero-order chi connectivity index (χ0) is 13.8. The van der Waals surface area contributed by atoms with E-state index in [1.165, 1.54) is 0 Å². The van der Waals surface area contributed by atoms with E-state index >= 15 is 0 Å². The first-order valence-corrected chi connectivity index (χ1v) is 6.94. The molecule has 0 unspecified atom stereocenters. The molecule has 0 saturated heterocycles. The molecule has 2 rings (SSSR count). The lowest BCUT2D eigenvalue weighted by atomic mass is 10.1. The third-order valence-corrected chi connectivity index (χ3v) is 3.31. The lowest BCUT2D eigenvalue weighted by Crippen LogP contribution is -2.21. The Morgan fingerprint density at radius 3 is 2.68 bits per heavy atom. The minimum Gasteiger partial charge on any atom is -0.310 e. The van der Waals surface area contributed by atoms with E-state index in [9.17, 15) is 0 Å². The van der Waals surface area contributed by atoms with Crippen LogP contribution >= 0.6 is 23.2 Å². The van der Waals surface area contributed by atoms with Gasteiger partial charge in [-0.25, -0.2) is 0 Å². The maximum Gasteiger partial charge on any atom is 0.0486 e. The van der Waals surface area contributed by atoms with Crippen LogP contribution in [0.2, 0.25) is 10.0 Å². The van der Waals surface area contributed by atoms with Crippen molar-refractivity contribution in [1.29, 1.82) is 0 Å². The summed E-state index contributed by atoms with van der Waals surface area (Å²) in [5.41, 5.74) is 3.02. The van der Waals surface area contributed by atoms with E-state index in [1.54, 1.807) is 18.3 Å². The topological polar surface area (TPSA) is 24.9 Å². The Kier molecular flexibility index (Phi) is 4.81. The van der Waals surface area contributed by atoms with Gasteiger partial charge in [-0.3, -0.25) is 4.98 Å². The fraction of sp³-hybridized carbons (Fsp3) is 0.267. The summed E-state index contributed by atoms with van der Waals surface area (Å²) in [5.74, 6) is 0. The van der Waals surface area contributed by atoms with E-state index in [1.807, 2.05) is 12.3 Å². The average Bonchev–Trinajstić information content (AvgIpc) is 2.39. The first-order chi connectivity index (χ1) is 9.06. The molecule has 0 radical (unpaired) electrons. The Labute approximate surface area is 123 Å². The Hall–Kier alpha value is -1.09. The lowest BCUT2D eigenvalue weighted by Gasteiger charge is -2.10. The predicted octanol–water partition coefficient (Wildman–Crippen LogP) is 4.55. The Balaban J connectivity index is 2.29. The summed E-state index contributed by atoms with van der Waals surface area (Å²) in [6, 6.07) is 7.97. The summed E-state index contributed by atoms with van der Waals surface area (Å²) in [4.78, 5) is 4.27. The maximum absolute atomic E-state index is 6.21. The SMILES string of the molecule is CC(C)NCc1cncc(-c2cc(Cl)ccc2Cl)c1. The number of nitrogens with one attached hydrogen (secondary N) is 1. The molecule has 1 aromatic heterocycles. The third-order valence-electron chi connectivity index (χ3n) is 2.75. The maximum atomic E-state index is 6.21. The molecule has 0 aliphatic heterocycles. The minimum absolute atomic E-state index is 0.443. The van der Waals surface area contributed by atoms with Crippen LogP contribution in [0, 0.1) is 0 Å². The van der Waals surface area contributed by atoms with Crippen LogP contribution in [0.3, 0.4) is 0 Å². The molecule has 0 aliphatic carbocycles. The smallest absolute Gasteiger partial charge is 0.0486 e. The molecule has 1 aromatic carbocycles. The Morgan fingerprint density at radius 2 is 1.95 bits per heavy atom. The predicted molar refractivity (Wildman–Crippen MR) is 81.7 cm³/mol. The highest BCUT2D eigenvalue weighted by molar-refractivity contribution is 6.35. The van der Waals surface area contributed by atoms with Crippen molar-refractivity contribution in [3.63, 3.8) is 0 Å². The number of nitrogens with zero attached hydrogens (tertiary/aromatic N) is 1. The number of aromatic nitrogens is 1. The van der Waals surface area contributed by atoms with Crippen molar-refractivity contribution in [2.45, 2.75) is 26.4 Å². The van der Waals surface area contributed by atoms with Crippen LogP contribution in [0.1, 0.15) is 19.4 Å². The third kappa shape index (κ3) is 3.93. The highest BCUT2D eigenvalue weighted by atomic mass is 35.5. The first kappa shape index (κ1) is 14.3. The molecule has 0 bridgehead atoms. The van der Waals surface area contributed by atoms with Gasteiger partial charge in [0, 0.05) is 46.2 Å². The summed E-state index contributed by atoms with van der Waals surface area (Å²) in [6.07, 6.45) is 3.66. The number of halogens is 2. The second kappa shape index (κ2) is 6.38. The van der Waals surface area contributed by atoms with Gasteiger partial charge in [-0.05, 0) is 29.8 Å². The zero-order valence-corrected chi connectivity index (χ0v) is 12.5. The summed E-state index contributed by atoms with van der Waals surface area (Å²) in [7, 11) is 0. The van der Waals surface area contributed by atoms with Crippen molar-refractivity contribution in [1.82, 2.24) is 10.3 Å². The molecule has 1 N–H and O–H groups in total. The molecule has 2 aromatic rings. The van der Waals surface area contributed by atoms with Gasteiger partial charge in [0.05, 0.1) is 0 Å². The van der Waals surface area contributed by atoms with Gasteiger partial charge in [0.2, 0.25) is 0 Å². The molecule has 2 nitrogen and oxygen atoms in total. The quantitative estimate of drug-likeness (QED) is 0.894. The van der Waals surface area contributed by atoms with E-state index in [4.69, 9.17) is 23.2 Å². The van der Waals surface area contributed by atoms with Gasteiger partial charge in [-0.1, -0.05) is 37.0 Å². The molecule has 1 heterocycles. The normalized spacial score (nSPS) is 11.0. The van der Waals surface area contributed by atoms with Gasteiger partial charge in [-0.2, -0.15) is 0 Å². The molecule has 0 fully saturated rings. The van der Waals surface area contributed by atoms with Crippen LogP contribution in [0.5, 0.6) is 0 Å². The minimum atomic E-state index is 0.443. The van der Waals surface area contributed by atoms with E-state index in [0.717, 1.165) is 23.2 Å². The van der Waals surface area contributed by atoms with Crippen molar-refractivity contribution < 1.29 is 0 Å². The molecule has 4 heteroatoms. The summed E-state index contributed by atoms with van der Waals surface area (Å²) >= 11 is 12.2. The number of hydrogen-bond donors (Lipinski definition) is 1. The van der Waals surface area contributed by atoms with Crippen LogP contribution in [-0.4, -0.2) is 11.0 Å². The van der Waals surface area contributed by atoms with Crippen LogP contribution < -0.4 is 5.32 Å². The fourth-order valence-electron chi connectivity index (χ4n) is 1.77. The lowest BCUT2D eigenvalue weighted by molar-refractivity contribution is 0.588. The van der Waals surface area contributed by atoms with Gasteiger partial charge >= 0.3 is 0 Å². The van der Waals surface area contributed by atoms with Gasteiger partial charge in [-0.15, -0.1) is 0 Å². The fourth-order valence-corrected chi connectivity index (χ4v) is 2.17. The molecular weight excluding hydrogens is 279 g/mol. The van der Waals surface area contributed by atoms with Crippen molar-refractivity contribution >= 4 is 23.2 Å².